The van der Waals surface area contributed by atoms with Crippen LogP contribution in [0.5, 0.6) is 0 Å². The van der Waals surface area contributed by atoms with Crippen molar-refractivity contribution in [2.75, 3.05) is 7.05 Å². The van der Waals surface area contributed by atoms with E-state index in [0.29, 0.717) is 5.56 Å². The van der Waals surface area contributed by atoms with Crippen molar-refractivity contribution in [1.82, 2.24) is 9.29 Å². The Bertz CT molecular complexity index is 791. The molecule has 0 aliphatic heterocycles. The quantitative estimate of drug-likeness (QED) is 0.621. The normalized spacial score (nSPS) is 11.6. The zero-order valence-corrected chi connectivity index (χ0v) is 12.9. The molecule has 1 heterocycles. The van der Waals surface area contributed by atoms with Gasteiger partial charge in [-0.25, -0.2) is 8.42 Å². The van der Waals surface area contributed by atoms with Crippen molar-refractivity contribution in [2.24, 2.45) is 0 Å². The second-order valence-corrected chi connectivity index (χ2v) is 6.84. The minimum absolute atomic E-state index is 0.0597. The summed E-state index contributed by atoms with van der Waals surface area (Å²) < 4.78 is 26.3. The third-order valence-electron chi connectivity index (χ3n) is 3.19. The molecule has 0 spiro atoms. The number of sulfonamides is 1. The molecule has 0 saturated heterocycles. The van der Waals surface area contributed by atoms with Crippen LogP contribution in [-0.4, -0.2) is 29.7 Å². The van der Waals surface area contributed by atoms with E-state index in [1.54, 1.807) is 24.5 Å². The molecular formula is C14H15N3O4S. The van der Waals surface area contributed by atoms with Crippen LogP contribution in [0.25, 0.3) is 0 Å². The first-order valence-electron chi connectivity index (χ1n) is 6.42. The first-order valence-corrected chi connectivity index (χ1v) is 7.86. The maximum absolute atomic E-state index is 12.6. The van der Waals surface area contributed by atoms with Crippen molar-refractivity contribution < 1.29 is 13.3 Å². The van der Waals surface area contributed by atoms with Gasteiger partial charge in [-0.15, -0.1) is 0 Å². The SMILES string of the molecule is Cc1cc([N+](=O)[O-])ccc1S(=O)(=O)N(C)Cc1cccnc1. The molecule has 0 aliphatic carbocycles. The Morgan fingerprint density at radius 1 is 1.32 bits per heavy atom. The van der Waals surface area contributed by atoms with Gasteiger partial charge >= 0.3 is 0 Å². The van der Waals surface area contributed by atoms with Crippen LogP contribution >= 0.6 is 0 Å². The Morgan fingerprint density at radius 2 is 2.05 bits per heavy atom. The molecule has 22 heavy (non-hydrogen) atoms. The molecule has 0 radical (unpaired) electrons. The zero-order chi connectivity index (χ0) is 16.3. The second-order valence-electron chi connectivity index (χ2n) is 4.83. The summed E-state index contributed by atoms with van der Waals surface area (Å²) >= 11 is 0. The van der Waals surface area contributed by atoms with E-state index in [9.17, 15) is 18.5 Å². The van der Waals surface area contributed by atoms with E-state index in [-0.39, 0.29) is 17.1 Å². The zero-order valence-electron chi connectivity index (χ0n) is 12.1. The van der Waals surface area contributed by atoms with Crippen molar-refractivity contribution >= 4 is 15.7 Å². The summed E-state index contributed by atoms with van der Waals surface area (Å²) in [5.74, 6) is 0. The first-order chi connectivity index (χ1) is 10.3. The molecule has 1 aromatic carbocycles. The van der Waals surface area contributed by atoms with Gasteiger partial charge in [-0.3, -0.25) is 15.1 Å². The summed E-state index contributed by atoms with van der Waals surface area (Å²) in [5, 5.41) is 10.7. The number of hydrogen-bond donors (Lipinski definition) is 0. The maximum atomic E-state index is 12.6. The first kappa shape index (κ1) is 16.1. The van der Waals surface area contributed by atoms with Gasteiger partial charge in [-0.05, 0) is 30.2 Å². The molecule has 2 rings (SSSR count). The molecule has 0 saturated carbocycles. The van der Waals surface area contributed by atoms with Crippen LogP contribution in [-0.2, 0) is 16.6 Å². The predicted molar refractivity (Wildman–Crippen MR) is 80.7 cm³/mol. The Balaban J connectivity index is 2.32. The van der Waals surface area contributed by atoms with Crippen LogP contribution in [0.2, 0.25) is 0 Å². The van der Waals surface area contributed by atoms with E-state index in [0.717, 1.165) is 5.56 Å². The van der Waals surface area contributed by atoms with Gasteiger partial charge < -0.3 is 0 Å². The molecule has 0 aliphatic rings. The van der Waals surface area contributed by atoms with Gasteiger partial charge in [-0.1, -0.05) is 6.07 Å². The number of benzene rings is 1. The standard InChI is InChI=1S/C14H15N3O4S/c1-11-8-13(17(18)19)5-6-14(11)22(20,21)16(2)10-12-4-3-7-15-9-12/h3-9H,10H2,1-2H3. The second kappa shape index (κ2) is 6.20. The van der Waals surface area contributed by atoms with Gasteiger partial charge in [0.2, 0.25) is 10.0 Å². The number of rotatable bonds is 5. The molecule has 2 aromatic rings. The fraction of sp³-hybridized carbons (Fsp3) is 0.214. The van der Waals surface area contributed by atoms with Crippen molar-refractivity contribution in [3.63, 3.8) is 0 Å². The van der Waals surface area contributed by atoms with Crippen molar-refractivity contribution in [2.45, 2.75) is 18.4 Å². The molecule has 0 fully saturated rings. The van der Waals surface area contributed by atoms with Crippen LogP contribution < -0.4 is 0 Å². The Hall–Kier alpha value is -2.32. The number of nitro benzene ring substituents is 1. The third-order valence-corrected chi connectivity index (χ3v) is 5.15. The number of nitro groups is 1. The number of nitrogens with zero attached hydrogens (tertiary/aromatic N) is 3. The van der Waals surface area contributed by atoms with Crippen molar-refractivity contribution in [1.29, 1.82) is 0 Å². The van der Waals surface area contributed by atoms with Gasteiger partial charge in [-0.2, -0.15) is 4.31 Å². The number of pyridine rings is 1. The van der Waals surface area contributed by atoms with Crippen LogP contribution in [0.1, 0.15) is 11.1 Å². The monoisotopic (exact) mass is 321 g/mol. The molecule has 7 nitrogen and oxygen atoms in total. The summed E-state index contributed by atoms with van der Waals surface area (Å²) in [6.07, 6.45) is 3.20. The maximum Gasteiger partial charge on any atom is 0.269 e. The highest BCUT2D eigenvalue weighted by molar-refractivity contribution is 7.89. The molecule has 0 N–H and O–H groups in total. The predicted octanol–water partition coefficient (Wildman–Crippen LogP) is 2.12. The fourth-order valence-corrected chi connectivity index (χ4v) is 3.40. The van der Waals surface area contributed by atoms with Crippen molar-refractivity contribution in [3.8, 4) is 0 Å². The molecule has 0 unspecified atom stereocenters. The number of aromatic nitrogens is 1. The van der Waals surface area contributed by atoms with Crippen LogP contribution in [0.15, 0.2) is 47.6 Å². The highest BCUT2D eigenvalue weighted by atomic mass is 32.2. The lowest BCUT2D eigenvalue weighted by Crippen LogP contribution is -2.27. The molecule has 116 valence electrons. The highest BCUT2D eigenvalue weighted by Crippen LogP contribution is 2.24. The summed E-state index contributed by atoms with van der Waals surface area (Å²) in [6.45, 7) is 1.71. The lowest BCUT2D eigenvalue weighted by molar-refractivity contribution is -0.385. The highest BCUT2D eigenvalue weighted by Gasteiger charge is 2.24. The van der Waals surface area contributed by atoms with E-state index in [4.69, 9.17) is 0 Å². The van der Waals surface area contributed by atoms with Gasteiger partial charge in [0, 0.05) is 38.1 Å². The Labute approximate surface area is 128 Å². The van der Waals surface area contributed by atoms with E-state index >= 15 is 0 Å². The number of hydrogen-bond acceptors (Lipinski definition) is 5. The van der Waals surface area contributed by atoms with Gasteiger partial charge in [0.1, 0.15) is 0 Å². The van der Waals surface area contributed by atoms with Crippen LogP contribution in [0.3, 0.4) is 0 Å². The van der Waals surface area contributed by atoms with E-state index < -0.39 is 14.9 Å². The average molecular weight is 321 g/mol. The molecule has 1 aromatic heterocycles. The van der Waals surface area contributed by atoms with Gasteiger partial charge in [0.15, 0.2) is 0 Å². The van der Waals surface area contributed by atoms with Crippen molar-refractivity contribution in [3.05, 3.63) is 64.0 Å². The summed E-state index contributed by atoms with van der Waals surface area (Å²) in [7, 11) is -2.27. The van der Waals surface area contributed by atoms with Gasteiger partial charge in [0.25, 0.3) is 5.69 Å². The lowest BCUT2D eigenvalue weighted by Gasteiger charge is -2.18. The Kier molecular flexibility index (Phi) is 4.53. The van der Waals surface area contributed by atoms with E-state index in [1.165, 1.54) is 36.5 Å². The van der Waals surface area contributed by atoms with Gasteiger partial charge in [0.05, 0.1) is 9.82 Å². The summed E-state index contributed by atoms with van der Waals surface area (Å²) in [5.41, 5.74) is 0.965. The van der Waals surface area contributed by atoms with E-state index in [1.807, 2.05) is 0 Å². The van der Waals surface area contributed by atoms with E-state index in [2.05, 4.69) is 4.98 Å². The minimum Gasteiger partial charge on any atom is -0.264 e. The van der Waals surface area contributed by atoms with Crippen LogP contribution in [0, 0.1) is 17.0 Å². The minimum atomic E-state index is -3.73. The lowest BCUT2D eigenvalue weighted by atomic mass is 10.2. The molecule has 0 bridgehead atoms. The molecule has 8 heteroatoms. The summed E-state index contributed by atoms with van der Waals surface area (Å²) in [4.78, 5) is 14.2. The molecule has 0 atom stereocenters. The fourth-order valence-electron chi connectivity index (χ4n) is 2.04. The molecule has 0 amide bonds. The smallest absolute Gasteiger partial charge is 0.264 e. The third kappa shape index (κ3) is 3.29. The topological polar surface area (TPSA) is 93.4 Å². The molecular weight excluding hydrogens is 306 g/mol. The number of non-ortho nitro benzene ring substituents is 1. The number of aryl methyl sites for hydroxylation is 1. The largest absolute Gasteiger partial charge is 0.269 e. The summed E-state index contributed by atoms with van der Waals surface area (Å²) in [6, 6.07) is 7.22. The average Bonchev–Trinajstić information content (AvgIpc) is 2.47. The Morgan fingerprint density at radius 3 is 2.59 bits per heavy atom. The van der Waals surface area contributed by atoms with Crippen LogP contribution in [0.4, 0.5) is 5.69 Å².